The van der Waals surface area contributed by atoms with E-state index in [-0.39, 0.29) is 22.1 Å². The largest absolute Gasteiger partial charge is 0.476 e. The van der Waals surface area contributed by atoms with E-state index in [0.717, 1.165) is 10.9 Å². The van der Waals surface area contributed by atoms with Crippen LogP contribution >= 0.6 is 11.6 Å². The SMILES string of the molecule is O=C(O)c1cn(-c2cc(Cl)ccc2[N+](=O)[O-])nn1. The van der Waals surface area contributed by atoms with Crippen LogP contribution in [0.5, 0.6) is 0 Å². The average Bonchev–Trinajstić information content (AvgIpc) is 2.77. The molecule has 0 unspecified atom stereocenters. The Morgan fingerprint density at radius 3 is 2.78 bits per heavy atom. The lowest BCUT2D eigenvalue weighted by molar-refractivity contribution is -0.384. The van der Waals surface area contributed by atoms with Crippen molar-refractivity contribution in [1.82, 2.24) is 15.0 Å². The number of carboxylic acid groups (broad SMARTS) is 1. The highest BCUT2D eigenvalue weighted by atomic mass is 35.5. The van der Waals surface area contributed by atoms with Crippen molar-refractivity contribution >= 4 is 23.3 Å². The van der Waals surface area contributed by atoms with Gasteiger partial charge in [-0.25, -0.2) is 9.48 Å². The standard InChI is InChI=1S/C9H5ClN4O4/c10-5-1-2-7(14(17)18)8(3-5)13-4-6(9(15)16)11-12-13/h1-4H,(H,15,16). The fourth-order valence-corrected chi connectivity index (χ4v) is 1.48. The van der Waals surface area contributed by atoms with Gasteiger partial charge in [-0.3, -0.25) is 10.1 Å². The second-order valence-corrected chi connectivity index (χ2v) is 3.68. The summed E-state index contributed by atoms with van der Waals surface area (Å²) in [5, 5.41) is 26.7. The van der Waals surface area contributed by atoms with E-state index in [9.17, 15) is 14.9 Å². The number of nitrogens with zero attached hydrogens (tertiary/aromatic N) is 4. The molecule has 1 aromatic heterocycles. The molecule has 1 aromatic carbocycles. The van der Waals surface area contributed by atoms with Gasteiger partial charge in [0.25, 0.3) is 5.69 Å². The van der Waals surface area contributed by atoms with E-state index in [1.807, 2.05) is 0 Å². The summed E-state index contributed by atoms with van der Waals surface area (Å²) in [6, 6.07) is 3.87. The molecule has 0 aliphatic carbocycles. The number of carbonyl (C=O) groups is 1. The van der Waals surface area contributed by atoms with E-state index in [1.54, 1.807) is 0 Å². The molecule has 0 spiro atoms. The van der Waals surface area contributed by atoms with E-state index < -0.39 is 10.9 Å². The van der Waals surface area contributed by atoms with Crippen LogP contribution < -0.4 is 0 Å². The van der Waals surface area contributed by atoms with Crippen molar-refractivity contribution in [2.24, 2.45) is 0 Å². The van der Waals surface area contributed by atoms with Gasteiger partial charge in [0, 0.05) is 11.1 Å². The Morgan fingerprint density at radius 1 is 1.50 bits per heavy atom. The minimum Gasteiger partial charge on any atom is -0.476 e. The first kappa shape index (κ1) is 12.0. The summed E-state index contributed by atoms with van der Waals surface area (Å²) in [7, 11) is 0. The monoisotopic (exact) mass is 268 g/mol. The van der Waals surface area contributed by atoms with Crippen LogP contribution in [0.15, 0.2) is 24.4 Å². The molecule has 0 radical (unpaired) electrons. The summed E-state index contributed by atoms with van der Waals surface area (Å²) < 4.78 is 0.994. The summed E-state index contributed by atoms with van der Waals surface area (Å²) >= 11 is 5.74. The molecule has 0 fully saturated rings. The summed E-state index contributed by atoms with van der Waals surface area (Å²) in [5.41, 5.74) is -0.516. The molecule has 92 valence electrons. The van der Waals surface area contributed by atoms with E-state index in [4.69, 9.17) is 16.7 Å². The van der Waals surface area contributed by atoms with Gasteiger partial charge in [0.2, 0.25) is 0 Å². The predicted octanol–water partition coefficient (Wildman–Crippen LogP) is 1.53. The Labute approximate surface area is 105 Å². The molecule has 0 bridgehead atoms. The normalized spacial score (nSPS) is 10.3. The Morgan fingerprint density at radius 2 is 2.22 bits per heavy atom. The van der Waals surface area contributed by atoms with Gasteiger partial charge < -0.3 is 5.11 Å². The predicted molar refractivity (Wildman–Crippen MR) is 60.0 cm³/mol. The number of aromatic carboxylic acids is 1. The molecule has 0 aliphatic heterocycles. The van der Waals surface area contributed by atoms with Gasteiger partial charge in [-0.2, -0.15) is 0 Å². The minimum absolute atomic E-state index is 0.0486. The number of aromatic nitrogens is 3. The maximum Gasteiger partial charge on any atom is 0.358 e. The van der Waals surface area contributed by atoms with Crippen LogP contribution in [0.3, 0.4) is 0 Å². The van der Waals surface area contributed by atoms with Crippen molar-refractivity contribution in [2.45, 2.75) is 0 Å². The van der Waals surface area contributed by atoms with Gasteiger partial charge in [-0.15, -0.1) is 5.10 Å². The summed E-state index contributed by atoms with van der Waals surface area (Å²) in [6.45, 7) is 0. The van der Waals surface area contributed by atoms with Crippen LogP contribution in [0.25, 0.3) is 5.69 Å². The number of carboxylic acids is 1. The maximum absolute atomic E-state index is 10.8. The van der Waals surface area contributed by atoms with Crippen LogP contribution in [0.2, 0.25) is 5.02 Å². The number of nitro benzene ring substituents is 1. The summed E-state index contributed by atoms with van der Waals surface area (Å²) in [4.78, 5) is 20.9. The lowest BCUT2D eigenvalue weighted by atomic mass is 10.2. The highest BCUT2D eigenvalue weighted by molar-refractivity contribution is 6.30. The maximum atomic E-state index is 10.8. The number of benzene rings is 1. The fraction of sp³-hybridized carbons (Fsp3) is 0. The van der Waals surface area contributed by atoms with Gasteiger partial charge >= 0.3 is 5.97 Å². The summed E-state index contributed by atoms with van der Waals surface area (Å²) in [5.74, 6) is -1.27. The molecule has 0 aliphatic rings. The van der Waals surface area contributed by atoms with Crippen molar-refractivity contribution < 1.29 is 14.8 Å². The Hall–Kier alpha value is -2.48. The minimum atomic E-state index is -1.27. The van der Waals surface area contributed by atoms with Crippen LogP contribution in [-0.4, -0.2) is 31.0 Å². The topological polar surface area (TPSA) is 111 Å². The third-order valence-electron chi connectivity index (χ3n) is 2.09. The second-order valence-electron chi connectivity index (χ2n) is 3.24. The van der Waals surface area contributed by atoms with Crippen LogP contribution in [-0.2, 0) is 0 Å². The number of nitro groups is 1. The molecule has 1 heterocycles. The van der Waals surface area contributed by atoms with Crippen molar-refractivity contribution in [3.63, 3.8) is 0 Å². The zero-order valence-corrected chi connectivity index (χ0v) is 9.40. The van der Waals surface area contributed by atoms with E-state index in [0.29, 0.717) is 0 Å². The Kier molecular flexibility index (Phi) is 2.94. The lowest BCUT2D eigenvalue weighted by Gasteiger charge is -2.01. The zero-order chi connectivity index (χ0) is 13.3. The molecule has 2 aromatic rings. The molecule has 2 rings (SSSR count). The average molecular weight is 269 g/mol. The van der Waals surface area contributed by atoms with Gasteiger partial charge in [0.05, 0.1) is 11.1 Å². The van der Waals surface area contributed by atoms with Gasteiger partial charge in [-0.1, -0.05) is 16.8 Å². The number of hydrogen-bond acceptors (Lipinski definition) is 5. The van der Waals surface area contributed by atoms with Crippen LogP contribution in [0, 0.1) is 10.1 Å². The smallest absolute Gasteiger partial charge is 0.358 e. The Bertz CT molecular complexity index is 639. The third-order valence-corrected chi connectivity index (χ3v) is 2.33. The van der Waals surface area contributed by atoms with Gasteiger partial charge in [0.1, 0.15) is 5.69 Å². The fourth-order valence-electron chi connectivity index (χ4n) is 1.31. The first-order chi connectivity index (χ1) is 8.49. The molecular weight excluding hydrogens is 264 g/mol. The van der Waals surface area contributed by atoms with Gasteiger partial charge in [-0.05, 0) is 12.1 Å². The summed E-state index contributed by atoms with van der Waals surface area (Å²) in [6.07, 6.45) is 1.07. The van der Waals surface area contributed by atoms with Gasteiger partial charge in [0.15, 0.2) is 5.69 Å². The molecule has 1 N–H and O–H groups in total. The van der Waals surface area contributed by atoms with Crippen LogP contribution in [0.1, 0.15) is 10.5 Å². The number of hydrogen-bond donors (Lipinski definition) is 1. The lowest BCUT2D eigenvalue weighted by Crippen LogP contribution is -2.01. The van der Waals surface area contributed by atoms with E-state index in [2.05, 4.69) is 10.3 Å². The molecule has 0 amide bonds. The van der Waals surface area contributed by atoms with Crippen LogP contribution in [0.4, 0.5) is 5.69 Å². The third kappa shape index (κ3) is 2.13. The van der Waals surface area contributed by atoms with Crippen molar-refractivity contribution in [3.8, 4) is 5.69 Å². The molecule has 0 atom stereocenters. The number of rotatable bonds is 3. The Balaban J connectivity index is 2.57. The molecule has 18 heavy (non-hydrogen) atoms. The number of halogens is 1. The highest BCUT2D eigenvalue weighted by Gasteiger charge is 2.18. The molecule has 0 saturated heterocycles. The first-order valence-electron chi connectivity index (χ1n) is 4.59. The first-order valence-corrected chi connectivity index (χ1v) is 4.97. The van der Waals surface area contributed by atoms with Crippen molar-refractivity contribution in [3.05, 3.63) is 45.2 Å². The molecule has 0 saturated carbocycles. The highest BCUT2D eigenvalue weighted by Crippen LogP contribution is 2.25. The zero-order valence-electron chi connectivity index (χ0n) is 8.65. The quantitative estimate of drug-likeness (QED) is 0.667. The second kappa shape index (κ2) is 4.41. The van der Waals surface area contributed by atoms with E-state index in [1.165, 1.54) is 18.2 Å². The van der Waals surface area contributed by atoms with Crippen molar-refractivity contribution in [2.75, 3.05) is 0 Å². The molecule has 8 nitrogen and oxygen atoms in total. The molecule has 9 heteroatoms. The van der Waals surface area contributed by atoms with E-state index >= 15 is 0 Å². The molecular formula is C9H5ClN4O4. The van der Waals surface area contributed by atoms with Crippen molar-refractivity contribution in [1.29, 1.82) is 0 Å².